The van der Waals surface area contributed by atoms with Crippen LogP contribution in [0.3, 0.4) is 0 Å². The Labute approximate surface area is 181 Å². The lowest BCUT2D eigenvalue weighted by Crippen LogP contribution is -2.49. The zero-order valence-corrected chi connectivity index (χ0v) is 17.6. The highest BCUT2D eigenvalue weighted by molar-refractivity contribution is 7.92. The zero-order valence-electron chi connectivity index (χ0n) is 16.7. The predicted molar refractivity (Wildman–Crippen MR) is 118 cm³/mol. The number of benzene rings is 3. The molecule has 6 nitrogen and oxygen atoms in total. The molecule has 0 aliphatic carbocycles. The fourth-order valence-corrected chi connectivity index (χ4v) is 4.66. The third-order valence-corrected chi connectivity index (χ3v) is 6.47. The molecule has 1 aliphatic heterocycles. The number of hydrogen-bond acceptors (Lipinski definition) is 3. The Hall–Kier alpha value is -3.39. The van der Waals surface area contributed by atoms with E-state index >= 15 is 0 Å². The Balaban J connectivity index is 1.58. The molecule has 0 atom stereocenters. The lowest BCUT2D eigenvalue weighted by molar-refractivity contribution is 0.192. The van der Waals surface area contributed by atoms with E-state index in [9.17, 15) is 17.6 Å². The molecule has 1 saturated heterocycles. The van der Waals surface area contributed by atoms with Crippen molar-refractivity contribution in [3.63, 3.8) is 0 Å². The Morgan fingerprint density at radius 2 is 1.55 bits per heavy atom. The molecule has 1 N–H and O–H groups in total. The molecule has 1 fully saturated rings. The molecular formula is C23H22FN3O3S. The number of nitrogens with zero attached hydrogens (tertiary/aromatic N) is 2. The van der Waals surface area contributed by atoms with Crippen LogP contribution in [-0.4, -0.2) is 32.4 Å². The fourth-order valence-electron chi connectivity index (χ4n) is 3.56. The van der Waals surface area contributed by atoms with Gasteiger partial charge in [-0.3, -0.25) is 9.62 Å². The molecule has 31 heavy (non-hydrogen) atoms. The molecule has 4 rings (SSSR count). The van der Waals surface area contributed by atoms with E-state index in [0.717, 1.165) is 12.0 Å². The molecule has 1 aliphatic rings. The number of nitrogens with one attached hydrogen (secondary N) is 1. The van der Waals surface area contributed by atoms with Gasteiger partial charge in [-0.15, -0.1) is 0 Å². The van der Waals surface area contributed by atoms with E-state index in [0.29, 0.717) is 31.0 Å². The van der Waals surface area contributed by atoms with Crippen LogP contribution < -0.4 is 9.62 Å². The molecule has 0 saturated carbocycles. The number of halogens is 1. The smallest absolute Gasteiger partial charge is 0.320 e. The molecule has 0 radical (unpaired) electrons. The number of anilines is 2. The number of carbonyl (C=O) groups is 1. The van der Waals surface area contributed by atoms with E-state index in [1.54, 1.807) is 64.4 Å². The second-order valence-electron chi connectivity index (χ2n) is 7.27. The third-order valence-electron chi connectivity index (χ3n) is 5.09. The number of urea groups is 1. The first-order chi connectivity index (χ1) is 14.9. The highest BCUT2D eigenvalue weighted by atomic mass is 32.2. The summed E-state index contributed by atoms with van der Waals surface area (Å²) in [7, 11) is -3.80. The molecule has 0 aromatic heterocycles. The molecule has 0 unspecified atom stereocenters. The summed E-state index contributed by atoms with van der Waals surface area (Å²) in [4.78, 5) is 16.6. The van der Waals surface area contributed by atoms with E-state index in [2.05, 4.69) is 4.72 Å². The van der Waals surface area contributed by atoms with Crippen molar-refractivity contribution in [1.82, 2.24) is 4.90 Å². The van der Waals surface area contributed by atoms with Gasteiger partial charge < -0.3 is 4.90 Å². The number of rotatable bonds is 6. The summed E-state index contributed by atoms with van der Waals surface area (Å²) >= 11 is 0. The molecule has 8 heteroatoms. The molecule has 0 spiro atoms. The second kappa shape index (κ2) is 8.77. The highest BCUT2D eigenvalue weighted by Crippen LogP contribution is 2.30. The Kier molecular flexibility index (Phi) is 5.90. The van der Waals surface area contributed by atoms with Gasteiger partial charge in [0.05, 0.1) is 16.3 Å². The summed E-state index contributed by atoms with van der Waals surface area (Å²) in [6, 6.07) is 20.8. The van der Waals surface area contributed by atoms with Gasteiger partial charge in [-0.05, 0) is 48.4 Å². The first-order valence-electron chi connectivity index (χ1n) is 9.92. The Morgan fingerprint density at radius 1 is 0.871 bits per heavy atom. The van der Waals surface area contributed by atoms with Crippen LogP contribution in [0.5, 0.6) is 0 Å². The maximum absolute atomic E-state index is 13.2. The molecule has 160 valence electrons. The van der Waals surface area contributed by atoms with Gasteiger partial charge in [0, 0.05) is 19.6 Å². The summed E-state index contributed by atoms with van der Waals surface area (Å²) in [5.41, 5.74) is 1.66. The zero-order chi connectivity index (χ0) is 21.8. The van der Waals surface area contributed by atoms with E-state index in [1.807, 2.05) is 0 Å². The lowest BCUT2D eigenvalue weighted by atomic mass is 10.1. The minimum absolute atomic E-state index is 0.146. The van der Waals surface area contributed by atoms with Crippen molar-refractivity contribution in [2.45, 2.75) is 17.9 Å². The monoisotopic (exact) mass is 439 g/mol. The van der Waals surface area contributed by atoms with Crippen molar-refractivity contribution in [1.29, 1.82) is 0 Å². The van der Waals surface area contributed by atoms with Gasteiger partial charge in [0.25, 0.3) is 10.0 Å². The van der Waals surface area contributed by atoms with Crippen molar-refractivity contribution < 1.29 is 17.6 Å². The highest BCUT2D eigenvalue weighted by Gasteiger charge is 2.29. The van der Waals surface area contributed by atoms with Gasteiger partial charge in [0.1, 0.15) is 5.82 Å². The van der Waals surface area contributed by atoms with E-state index in [-0.39, 0.29) is 16.7 Å². The van der Waals surface area contributed by atoms with Crippen LogP contribution in [0.4, 0.5) is 20.6 Å². The van der Waals surface area contributed by atoms with Crippen molar-refractivity contribution in [2.75, 3.05) is 22.7 Å². The SMILES string of the molecule is O=C1N(Cc2ccc(F)cc2)CCCN1c1ccccc1NS(=O)(=O)c1ccccc1. The van der Waals surface area contributed by atoms with Crippen LogP contribution in [0.15, 0.2) is 83.8 Å². The van der Waals surface area contributed by atoms with Crippen molar-refractivity contribution in [3.05, 3.63) is 90.2 Å². The molecule has 1 heterocycles. The molecule has 3 aromatic carbocycles. The quantitative estimate of drug-likeness (QED) is 0.617. The summed E-state index contributed by atoms with van der Waals surface area (Å²) in [6.45, 7) is 1.40. The molecular weight excluding hydrogens is 417 g/mol. The van der Waals surface area contributed by atoms with E-state index in [4.69, 9.17) is 0 Å². The lowest BCUT2D eigenvalue weighted by Gasteiger charge is -2.36. The topological polar surface area (TPSA) is 69.7 Å². The minimum Gasteiger partial charge on any atom is -0.320 e. The number of carbonyl (C=O) groups excluding carboxylic acids is 1. The molecule has 0 bridgehead atoms. The standard InChI is InChI=1S/C23H22FN3O3S/c24-19-13-11-18(12-14-19)17-26-15-6-16-27(23(26)28)22-10-5-4-9-21(22)25-31(29,30)20-7-2-1-3-8-20/h1-5,7-14,25H,6,15-17H2. The Bertz CT molecular complexity index is 1170. The van der Waals surface area contributed by atoms with Crippen LogP contribution in [0, 0.1) is 5.82 Å². The van der Waals surface area contributed by atoms with Gasteiger partial charge in [0.15, 0.2) is 0 Å². The van der Waals surface area contributed by atoms with Crippen molar-refractivity contribution in [3.8, 4) is 0 Å². The van der Waals surface area contributed by atoms with Gasteiger partial charge >= 0.3 is 6.03 Å². The minimum atomic E-state index is -3.80. The number of sulfonamides is 1. The molecule has 3 aromatic rings. The van der Waals surface area contributed by atoms with E-state index < -0.39 is 10.0 Å². The normalized spacial score (nSPS) is 14.5. The Morgan fingerprint density at radius 3 is 2.29 bits per heavy atom. The summed E-state index contributed by atoms with van der Waals surface area (Å²) < 4.78 is 41.4. The van der Waals surface area contributed by atoms with Crippen molar-refractivity contribution >= 4 is 27.4 Å². The first-order valence-corrected chi connectivity index (χ1v) is 11.4. The summed E-state index contributed by atoms with van der Waals surface area (Å²) in [5.74, 6) is -0.324. The average Bonchev–Trinajstić information content (AvgIpc) is 2.78. The number of hydrogen-bond donors (Lipinski definition) is 1. The van der Waals surface area contributed by atoms with Crippen LogP contribution in [-0.2, 0) is 16.6 Å². The van der Waals surface area contributed by atoms with Crippen LogP contribution >= 0.6 is 0 Å². The second-order valence-corrected chi connectivity index (χ2v) is 8.95. The maximum Gasteiger partial charge on any atom is 0.324 e. The van der Waals surface area contributed by atoms with Gasteiger partial charge in [-0.2, -0.15) is 0 Å². The van der Waals surface area contributed by atoms with Crippen LogP contribution in [0.25, 0.3) is 0 Å². The van der Waals surface area contributed by atoms with Gasteiger partial charge in [0.2, 0.25) is 0 Å². The van der Waals surface area contributed by atoms with Crippen LogP contribution in [0.2, 0.25) is 0 Å². The van der Waals surface area contributed by atoms with Crippen molar-refractivity contribution in [2.24, 2.45) is 0 Å². The number of amides is 2. The summed E-state index contributed by atoms with van der Waals surface area (Å²) in [6.07, 6.45) is 0.729. The first kappa shape index (κ1) is 20.9. The van der Waals surface area contributed by atoms with Gasteiger partial charge in [-0.25, -0.2) is 17.6 Å². The maximum atomic E-state index is 13.2. The van der Waals surface area contributed by atoms with E-state index in [1.165, 1.54) is 24.3 Å². The number of para-hydroxylation sites is 2. The fraction of sp³-hybridized carbons (Fsp3) is 0.174. The predicted octanol–water partition coefficient (Wildman–Crippen LogP) is 4.46. The summed E-state index contributed by atoms with van der Waals surface area (Å²) in [5, 5.41) is 0. The molecule has 2 amide bonds. The van der Waals surface area contributed by atoms with Gasteiger partial charge in [-0.1, -0.05) is 42.5 Å². The third kappa shape index (κ3) is 4.69. The largest absolute Gasteiger partial charge is 0.324 e. The van der Waals surface area contributed by atoms with Crippen LogP contribution in [0.1, 0.15) is 12.0 Å². The average molecular weight is 440 g/mol.